The summed E-state index contributed by atoms with van der Waals surface area (Å²) < 4.78 is 0.489. The zero-order chi connectivity index (χ0) is 34.1. The van der Waals surface area contributed by atoms with Gasteiger partial charge in [-0.2, -0.15) is 0 Å². The Morgan fingerprint density at radius 1 is 0.569 bits per heavy atom. The van der Waals surface area contributed by atoms with Gasteiger partial charge >= 0.3 is 307 Å². The molecule has 2 aliphatic rings. The Balaban J connectivity index is 0.00000224. The number of hydrogen-bond donors (Lipinski definition) is 0. The Hall–Kier alpha value is -3.00. The minimum absolute atomic E-state index is 0. The number of rotatable bonds is 5. The number of hydrogen-bond acceptors (Lipinski definition) is 0. The van der Waals surface area contributed by atoms with Crippen molar-refractivity contribution in [3.63, 3.8) is 0 Å². The zero-order valence-electron chi connectivity index (χ0n) is 30.7. The second-order valence-corrected chi connectivity index (χ2v) is 26.9. The van der Waals surface area contributed by atoms with Crippen LogP contribution in [0.3, 0.4) is 0 Å². The molecule has 0 saturated carbocycles. The fraction of sp³-hybridized carbons (Fsp3) is 0.234. The molecule has 51 heavy (non-hydrogen) atoms. The van der Waals surface area contributed by atoms with E-state index in [0.717, 1.165) is 0 Å². The van der Waals surface area contributed by atoms with Crippen LogP contribution in [-0.4, -0.2) is 5.92 Å². The molecule has 0 aromatic heterocycles. The van der Waals surface area contributed by atoms with E-state index in [9.17, 15) is 0 Å². The molecule has 0 heterocycles. The fourth-order valence-corrected chi connectivity index (χ4v) is 23.2. The molecule has 2 aliphatic carbocycles. The summed E-state index contributed by atoms with van der Waals surface area (Å²) >= 11 is -1.10. The van der Waals surface area contributed by atoms with E-state index < -0.39 is 28.3 Å². The van der Waals surface area contributed by atoms with Crippen LogP contribution in [-0.2, 0) is 33.2 Å². The molecule has 8 rings (SSSR count). The van der Waals surface area contributed by atoms with Crippen molar-refractivity contribution in [2.45, 2.75) is 68.8 Å². The van der Waals surface area contributed by atoms with Gasteiger partial charge in [0.05, 0.1) is 0 Å². The first-order chi connectivity index (χ1) is 23.5. The van der Waals surface area contributed by atoms with Crippen molar-refractivity contribution in [3.05, 3.63) is 172 Å². The van der Waals surface area contributed by atoms with Crippen LogP contribution in [0.15, 0.2) is 133 Å². The summed E-state index contributed by atoms with van der Waals surface area (Å²) in [5.41, 5.74) is 15.3. The minimum atomic E-state index is -1.45. The van der Waals surface area contributed by atoms with Crippen LogP contribution in [0, 0.1) is 0 Å². The second-order valence-electron chi connectivity index (χ2n) is 16.3. The summed E-state index contributed by atoms with van der Waals surface area (Å²) in [5, 5.41) is 5.90. The average molecular weight is 801 g/mol. The molecule has 0 fully saturated rings. The van der Waals surface area contributed by atoms with Crippen molar-refractivity contribution < 1.29 is 47.2 Å². The number of fused-ring (bicyclic) bond motifs is 6. The third-order valence-electron chi connectivity index (χ3n) is 10.9. The van der Waals surface area contributed by atoms with Gasteiger partial charge in [0.1, 0.15) is 0 Å². The smallest absolute Gasteiger partial charge is 1.00 e. The van der Waals surface area contributed by atoms with E-state index in [1.54, 1.807) is 27.1 Å². The molecule has 0 N–H and O–H groups in total. The van der Waals surface area contributed by atoms with Gasteiger partial charge in [-0.05, 0) is 0 Å². The molecule has 0 saturated heterocycles. The molecule has 0 amide bonds. The van der Waals surface area contributed by atoms with Gasteiger partial charge < -0.3 is 24.8 Å². The van der Waals surface area contributed by atoms with Crippen molar-refractivity contribution in [1.82, 2.24) is 0 Å². The third kappa shape index (κ3) is 6.72. The molecule has 2 atom stereocenters. The van der Waals surface area contributed by atoms with Gasteiger partial charge in [0.15, 0.2) is 0 Å². The van der Waals surface area contributed by atoms with E-state index >= 15 is 0 Å². The summed E-state index contributed by atoms with van der Waals surface area (Å²) in [7, 11) is 0. The minimum Gasteiger partial charge on any atom is -1.00 e. The molecule has 4 heteroatoms. The van der Waals surface area contributed by atoms with Crippen LogP contribution in [0.4, 0.5) is 0 Å². The maximum Gasteiger partial charge on any atom is -1.00 e. The quantitative estimate of drug-likeness (QED) is 0.223. The van der Waals surface area contributed by atoms with Crippen LogP contribution < -0.4 is 35.2 Å². The monoisotopic (exact) mass is 798 g/mol. The van der Waals surface area contributed by atoms with E-state index in [1.165, 1.54) is 49.7 Å². The van der Waals surface area contributed by atoms with Gasteiger partial charge in [0.25, 0.3) is 0 Å². The van der Waals surface area contributed by atoms with Gasteiger partial charge in [-0.25, -0.2) is 0 Å². The first kappa shape index (κ1) is 37.7. The number of halogens is 2. The maximum absolute atomic E-state index is 2.63. The van der Waals surface area contributed by atoms with Crippen molar-refractivity contribution in [3.8, 4) is 11.1 Å². The first-order valence-electron chi connectivity index (χ1n) is 17.9. The summed E-state index contributed by atoms with van der Waals surface area (Å²) in [6.07, 6.45) is 2.51. The molecular weight excluding hydrogens is 755 g/mol. The molecule has 0 nitrogen and oxygen atoms in total. The molecule has 0 aliphatic heterocycles. The van der Waals surface area contributed by atoms with E-state index in [1.807, 2.05) is 0 Å². The average Bonchev–Trinajstić information content (AvgIpc) is 3.60. The van der Waals surface area contributed by atoms with Crippen molar-refractivity contribution in [2.75, 3.05) is 0 Å². The normalized spacial score (nSPS) is 16.0. The van der Waals surface area contributed by atoms with E-state index in [4.69, 9.17) is 0 Å². The van der Waals surface area contributed by atoms with Crippen LogP contribution in [0.1, 0.15) is 97.0 Å². The molecule has 2 unspecified atom stereocenters. The number of allylic oxidation sites excluding steroid dienone is 1. The van der Waals surface area contributed by atoms with Gasteiger partial charge in [-0.15, -0.1) is 0 Å². The molecule has 0 bridgehead atoms. The van der Waals surface area contributed by atoms with Crippen molar-refractivity contribution in [1.29, 1.82) is 0 Å². The number of benzene rings is 6. The topological polar surface area (TPSA) is 0 Å². The van der Waals surface area contributed by atoms with Gasteiger partial charge in [-0.1, -0.05) is 0 Å². The molecule has 6 aromatic rings. The van der Waals surface area contributed by atoms with Crippen LogP contribution in [0.5, 0.6) is 0 Å². The summed E-state index contributed by atoms with van der Waals surface area (Å²) in [6, 6.07) is 49.5. The predicted molar refractivity (Wildman–Crippen MR) is 210 cm³/mol. The molecule has 0 radical (unpaired) electrons. The second kappa shape index (κ2) is 14.4. The Kier molecular flexibility index (Phi) is 10.7. The summed E-state index contributed by atoms with van der Waals surface area (Å²) in [5.74, 6) is -1.19. The van der Waals surface area contributed by atoms with Gasteiger partial charge in [-0.3, -0.25) is 0 Å². The Morgan fingerprint density at radius 2 is 1.18 bits per heavy atom. The van der Waals surface area contributed by atoms with E-state index in [0.29, 0.717) is 3.63 Å². The summed E-state index contributed by atoms with van der Waals surface area (Å²) in [4.78, 5) is 0. The standard InChI is InChI=1S/C35H35.C12H11Si.2ClH.Zr/c1-21-18-29-25-11-9-8-10-22(25)12-14-28(29)32(21)33-30-20-23-19-24(34(2,3)4)13-15-26(23)27(30)16-17-31(33)35(5,6)7;1-3-7-11(8-4-1)13-12-9-5-2-6-10-12;;;/h8-20,32H,1-7H3;1-10,13H;2*1H;/q;;;;+2/p-2. The SMILES string of the molecule is CC1=Cc2c(ccc3ccccc23)C1c1c(C(C)(C)C)ccc2c1[CH]([Zr+2][SiH](c1ccccc1)c1ccccc1)c1cc(C(C)(C)C)ccc1-2.[Cl-].[Cl-]. The molecular formula is C47H46Cl2SiZr. The van der Waals surface area contributed by atoms with Crippen LogP contribution >= 0.6 is 0 Å². The van der Waals surface area contributed by atoms with Crippen LogP contribution in [0.25, 0.3) is 28.0 Å². The molecule has 6 aromatic carbocycles. The Bertz CT molecular complexity index is 2200. The third-order valence-corrected chi connectivity index (χ3v) is 25.0. The largest absolute Gasteiger partial charge is 1.00 e. The Labute approximate surface area is 329 Å². The molecule has 256 valence electrons. The Morgan fingerprint density at radius 3 is 1.80 bits per heavy atom. The van der Waals surface area contributed by atoms with E-state index in [-0.39, 0.29) is 41.6 Å². The first-order valence-corrected chi connectivity index (χ1v) is 25.3. The van der Waals surface area contributed by atoms with Gasteiger partial charge in [0, 0.05) is 0 Å². The van der Waals surface area contributed by atoms with E-state index in [2.05, 4.69) is 182 Å². The fourth-order valence-electron chi connectivity index (χ4n) is 8.50. The van der Waals surface area contributed by atoms with Gasteiger partial charge in [0.2, 0.25) is 0 Å². The van der Waals surface area contributed by atoms with Crippen LogP contribution in [0.2, 0.25) is 0 Å². The zero-order valence-corrected chi connectivity index (χ0v) is 35.8. The summed E-state index contributed by atoms with van der Waals surface area (Å²) in [6.45, 7) is 16.8. The molecule has 0 spiro atoms. The maximum atomic E-state index is 2.63. The van der Waals surface area contributed by atoms with Crippen molar-refractivity contribution >= 4 is 33.1 Å². The predicted octanol–water partition coefficient (Wildman–Crippen LogP) is 4.68. The van der Waals surface area contributed by atoms with Crippen molar-refractivity contribution in [2.24, 2.45) is 0 Å².